The summed E-state index contributed by atoms with van der Waals surface area (Å²) < 4.78 is 5.83. The third kappa shape index (κ3) is 2.12. The van der Waals surface area contributed by atoms with Gasteiger partial charge in [0.05, 0.1) is 16.6 Å². The quantitative estimate of drug-likeness (QED) is 0.754. The molecule has 1 aromatic heterocycles. The van der Waals surface area contributed by atoms with Gasteiger partial charge in [-0.25, -0.2) is 9.97 Å². The number of hydrogen-bond acceptors (Lipinski definition) is 5. The number of fused-ring (bicyclic) bond motifs is 3. The van der Waals surface area contributed by atoms with Crippen LogP contribution < -0.4 is 15.4 Å². The van der Waals surface area contributed by atoms with E-state index in [2.05, 4.69) is 20.6 Å². The van der Waals surface area contributed by atoms with Crippen molar-refractivity contribution in [3.63, 3.8) is 0 Å². The van der Waals surface area contributed by atoms with Crippen LogP contribution in [0.3, 0.4) is 0 Å². The average molecular weight is 278 g/mol. The van der Waals surface area contributed by atoms with Gasteiger partial charge >= 0.3 is 0 Å². The highest BCUT2D eigenvalue weighted by Gasteiger charge is 2.17. The molecule has 3 aromatic rings. The monoisotopic (exact) mass is 278 g/mol. The van der Waals surface area contributed by atoms with Crippen LogP contribution in [0, 0.1) is 0 Å². The van der Waals surface area contributed by atoms with Crippen molar-refractivity contribution in [2.24, 2.45) is 0 Å². The second-order valence-corrected chi connectivity index (χ2v) is 4.82. The number of para-hydroxylation sites is 1. The summed E-state index contributed by atoms with van der Waals surface area (Å²) in [6.07, 6.45) is 1.57. The van der Waals surface area contributed by atoms with E-state index in [4.69, 9.17) is 4.74 Å². The van der Waals surface area contributed by atoms with Gasteiger partial charge in [-0.2, -0.15) is 0 Å². The van der Waals surface area contributed by atoms with Crippen LogP contribution in [0.2, 0.25) is 0 Å². The molecule has 1 aliphatic heterocycles. The Labute approximate surface area is 122 Å². The Kier molecular flexibility index (Phi) is 2.81. The molecule has 1 aliphatic rings. The summed E-state index contributed by atoms with van der Waals surface area (Å²) in [6, 6.07) is 13.9. The predicted octanol–water partition coefficient (Wildman–Crippen LogP) is 3.18. The van der Waals surface area contributed by atoms with Crippen molar-refractivity contribution < 1.29 is 4.74 Å². The fraction of sp³-hybridized carbons (Fsp3) is 0.125. The van der Waals surface area contributed by atoms with Crippen molar-refractivity contribution in [3.8, 4) is 5.75 Å². The molecule has 0 unspecified atom stereocenters. The third-order valence-electron chi connectivity index (χ3n) is 3.46. The Bertz CT molecular complexity index is 789. The summed E-state index contributed by atoms with van der Waals surface area (Å²) >= 11 is 0. The molecule has 0 spiro atoms. The van der Waals surface area contributed by atoms with Crippen LogP contribution in [-0.4, -0.2) is 23.1 Å². The summed E-state index contributed by atoms with van der Waals surface area (Å²) in [5.74, 6) is 1.57. The minimum Gasteiger partial charge on any atom is -0.489 e. The van der Waals surface area contributed by atoms with Crippen molar-refractivity contribution >= 4 is 28.1 Å². The molecule has 0 atom stereocenters. The molecule has 2 heterocycles. The Hall–Kier alpha value is -2.82. The lowest BCUT2D eigenvalue weighted by atomic mass is 10.1. The van der Waals surface area contributed by atoms with Crippen molar-refractivity contribution in [2.45, 2.75) is 0 Å². The molecule has 104 valence electrons. The molecular formula is C16H14N4O. The topological polar surface area (TPSA) is 59.1 Å². The number of anilines is 3. The highest BCUT2D eigenvalue weighted by atomic mass is 16.5. The minimum atomic E-state index is 0.645. The van der Waals surface area contributed by atoms with Gasteiger partial charge in [0.15, 0.2) is 5.75 Å². The standard InChI is InChI=1S/C16H14N4O/c1-2-4-11(5-3-1)20-16-14-12(18-10-19-16)6-7-13-15(14)21-9-8-17-13/h1-7,10,17H,8-9H2,(H,18,19,20). The van der Waals surface area contributed by atoms with Crippen LogP contribution in [0.25, 0.3) is 10.9 Å². The Morgan fingerprint density at radius 1 is 1.05 bits per heavy atom. The summed E-state index contributed by atoms with van der Waals surface area (Å²) in [6.45, 7) is 1.46. The molecular weight excluding hydrogens is 264 g/mol. The lowest BCUT2D eigenvalue weighted by Gasteiger charge is -2.21. The molecule has 2 N–H and O–H groups in total. The average Bonchev–Trinajstić information content (AvgIpc) is 2.56. The van der Waals surface area contributed by atoms with Gasteiger partial charge in [-0.3, -0.25) is 0 Å². The SMILES string of the molecule is c1ccc(Nc2ncnc3ccc4c(c23)OCCN4)cc1. The first-order valence-corrected chi connectivity index (χ1v) is 6.88. The smallest absolute Gasteiger partial charge is 0.155 e. The molecule has 0 radical (unpaired) electrons. The van der Waals surface area contributed by atoms with Crippen LogP contribution in [0.15, 0.2) is 48.8 Å². The Morgan fingerprint density at radius 3 is 2.86 bits per heavy atom. The number of ether oxygens (including phenoxy) is 1. The largest absolute Gasteiger partial charge is 0.489 e. The minimum absolute atomic E-state index is 0.645. The van der Waals surface area contributed by atoms with Gasteiger partial charge in [-0.15, -0.1) is 0 Å². The van der Waals surface area contributed by atoms with E-state index in [0.29, 0.717) is 6.61 Å². The van der Waals surface area contributed by atoms with E-state index in [1.807, 2.05) is 42.5 Å². The van der Waals surface area contributed by atoms with Crippen molar-refractivity contribution in [1.82, 2.24) is 9.97 Å². The van der Waals surface area contributed by atoms with E-state index >= 15 is 0 Å². The first-order chi connectivity index (χ1) is 10.4. The number of nitrogens with zero attached hydrogens (tertiary/aromatic N) is 2. The maximum atomic E-state index is 5.83. The molecule has 4 rings (SSSR count). The zero-order valence-corrected chi connectivity index (χ0v) is 11.3. The number of benzene rings is 2. The van der Waals surface area contributed by atoms with Crippen molar-refractivity contribution in [3.05, 3.63) is 48.8 Å². The normalized spacial score (nSPS) is 13.1. The maximum Gasteiger partial charge on any atom is 0.155 e. The molecule has 5 nitrogen and oxygen atoms in total. The van der Waals surface area contributed by atoms with Gasteiger partial charge < -0.3 is 15.4 Å². The molecule has 0 amide bonds. The molecule has 2 aromatic carbocycles. The van der Waals surface area contributed by atoms with Crippen molar-refractivity contribution in [1.29, 1.82) is 0 Å². The number of nitrogens with one attached hydrogen (secondary N) is 2. The van der Waals surface area contributed by atoms with Gasteiger partial charge in [-0.1, -0.05) is 18.2 Å². The molecule has 0 aliphatic carbocycles. The van der Waals surface area contributed by atoms with Gasteiger partial charge in [0.25, 0.3) is 0 Å². The molecule has 5 heteroatoms. The van der Waals surface area contributed by atoms with E-state index in [0.717, 1.165) is 40.4 Å². The molecule has 0 saturated carbocycles. The van der Waals surface area contributed by atoms with Crippen LogP contribution in [0.5, 0.6) is 5.75 Å². The van der Waals surface area contributed by atoms with E-state index in [1.54, 1.807) is 6.33 Å². The maximum absolute atomic E-state index is 5.83. The van der Waals surface area contributed by atoms with E-state index in [9.17, 15) is 0 Å². The summed E-state index contributed by atoms with van der Waals surface area (Å²) in [4.78, 5) is 8.71. The first kappa shape index (κ1) is 12.0. The molecule has 0 saturated heterocycles. The lowest BCUT2D eigenvalue weighted by molar-refractivity contribution is 0.327. The number of hydrogen-bond donors (Lipinski definition) is 2. The summed E-state index contributed by atoms with van der Waals surface area (Å²) in [7, 11) is 0. The second kappa shape index (κ2) is 4.94. The van der Waals surface area contributed by atoms with E-state index in [1.165, 1.54) is 0 Å². The Morgan fingerprint density at radius 2 is 1.95 bits per heavy atom. The third-order valence-corrected chi connectivity index (χ3v) is 3.46. The van der Waals surface area contributed by atoms with Gasteiger partial charge in [0.2, 0.25) is 0 Å². The zero-order valence-electron chi connectivity index (χ0n) is 11.3. The van der Waals surface area contributed by atoms with Crippen molar-refractivity contribution in [2.75, 3.05) is 23.8 Å². The summed E-state index contributed by atoms with van der Waals surface area (Å²) in [5, 5.41) is 7.58. The van der Waals surface area contributed by atoms with Gasteiger partial charge in [0.1, 0.15) is 18.8 Å². The molecule has 21 heavy (non-hydrogen) atoms. The van der Waals surface area contributed by atoms with E-state index < -0.39 is 0 Å². The molecule has 0 fully saturated rings. The van der Waals surface area contributed by atoms with Gasteiger partial charge in [0, 0.05) is 12.2 Å². The van der Waals surface area contributed by atoms with Crippen LogP contribution in [-0.2, 0) is 0 Å². The predicted molar refractivity (Wildman–Crippen MR) is 83.2 cm³/mol. The zero-order chi connectivity index (χ0) is 14.1. The van der Waals surface area contributed by atoms with Gasteiger partial charge in [-0.05, 0) is 24.3 Å². The number of aromatic nitrogens is 2. The highest BCUT2D eigenvalue weighted by molar-refractivity contribution is 5.99. The highest BCUT2D eigenvalue weighted by Crippen LogP contribution is 2.38. The number of rotatable bonds is 2. The van der Waals surface area contributed by atoms with Crippen LogP contribution in [0.4, 0.5) is 17.2 Å². The fourth-order valence-electron chi connectivity index (χ4n) is 2.50. The van der Waals surface area contributed by atoms with E-state index in [-0.39, 0.29) is 0 Å². The second-order valence-electron chi connectivity index (χ2n) is 4.82. The Balaban J connectivity index is 1.88. The lowest BCUT2D eigenvalue weighted by Crippen LogP contribution is -2.18. The van der Waals surface area contributed by atoms with Crippen LogP contribution in [0.1, 0.15) is 0 Å². The molecule has 0 bridgehead atoms. The first-order valence-electron chi connectivity index (χ1n) is 6.88. The fourth-order valence-corrected chi connectivity index (χ4v) is 2.50. The summed E-state index contributed by atoms with van der Waals surface area (Å²) in [5.41, 5.74) is 2.84. The van der Waals surface area contributed by atoms with Crippen LogP contribution >= 0.6 is 0 Å².